The van der Waals surface area contributed by atoms with Crippen molar-refractivity contribution < 1.29 is 0 Å². The summed E-state index contributed by atoms with van der Waals surface area (Å²) >= 11 is 0. The summed E-state index contributed by atoms with van der Waals surface area (Å²) in [5.74, 6) is 1.01. The second kappa shape index (κ2) is 6.31. The summed E-state index contributed by atoms with van der Waals surface area (Å²) in [5, 5.41) is 7.64. The molecule has 2 aromatic rings. The number of nitrogens with one attached hydrogen (secondary N) is 1. The number of nitrogens with zero attached hydrogens (tertiary/aromatic N) is 3. The van der Waals surface area contributed by atoms with E-state index in [1.165, 1.54) is 11.1 Å². The van der Waals surface area contributed by atoms with Crippen LogP contribution in [0.25, 0.3) is 0 Å². The molecule has 0 saturated heterocycles. The lowest BCUT2D eigenvalue weighted by Gasteiger charge is -2.08. The summed E-state index contributed by atoms with van der Waals surface area (Å²) in [6, 6.07) is 8.43. The lowest BCUT2D eigenvalue weighted by Crippen LogP contribution is -2.17. The number of aromatic nitrogens is 3. The first kappa shape index (κ1) is 12.8. The van der Waals surface area contributed by atoms with Gasteiger partial charge in [-0.05, 0) is 24.5 Å². The monoisotopic (exact) mass is 244 g/mol. The van der Waals surface area contributed by atoms with E-state index < -0.39 is 0 Å². The summed E-state index contributed by atoms with van der Waals surface area (Å²) < 4.78 is 1.96. The Morgan fingerprint density at radius 3 is 2.83 bits per heavy atom. The van der Waals surface area contributed by atoms with Crippen LogP contribution in [0.2, 0.25) is 0 Å². The molecule has 0 fully saturated rings. The summed E-state index contributed by atoms with van der Waals surface area (Å²) in [5.41, 5.74) is 2.65. The SMILES string of the molecule is CCCn1ncnc1CNCc1ccccc1C. The largest absolute Gasteiger partial charge is 0.306 e. The maximum atomic E-state index is 4.28. The molecule has 4 heteroatoms. The number of rotatable bonds is 6. The number of hydrogen-bond donors (Lipinski definition) is 1. The standard InChI is InChI=1S/C14H20N4/c1-3-8-18-14(16-11-17-18)10-15-9-13-7-5-4-6-12(13)2/h4-7,11,15H,3,8-10H2,1-2H3. The lowest BCUT2D eigenvalue weighted by molar-refractivity contribution is 0.542. The summed E-state index contributed by atoms with van der Waals surface area (Å²) in [6.45, 7) is 6.84. The Kier molecular flexibility index (Phi) is 4.47. The predicted octanol–water partition coefficient (Wildman–Crippen LogP) is 2.29. The molecule has 1 heterocycles. The van der Waals surface area contributed by atoms with Gasteiger partial charge in [0.05, 0.1) is 6.54 Å². The van der Waals surface area contributed by atoms with E-state index in [1.54, 1.807) is 6.33 Å². The lowest BCUT2D eigenvalue weighted by atomic mass is 10.1. The van der Waals surface area contributed by atoms with Gasteiger partial charge in [-0.1, -0.05) is 31.2 Å². The molecule has 1 aromatic carbocycles. The average molecular weight is 244 g/mol. The Labute approximate surface area is 108 Å². The zero-order valence-corrected chi connectivity index (χ0v) is 11.1. The van der Waals surface area contributed by atoms with Gasteiger partial charge in [-0.25, -0.2) is 9.67 Å². The maximum Gasteiger partial charge on any atom is 0.140 e. The Morgan fingerprint density at radius 2 is 2.06 bits per heavy atom. The van der Waals surface area contributed by atoms with Crippen molar-refractivity contribution in [3.05, 3.63) is 47.5 Å². The van der Waals surface area contributed by atoms with Gasteiger partial charge < -0.3 is 5.32 Å². The van der Waals surface area contributed by atoms with E-state index in [9.17, 15) is 0 Å². The third-order valence-electron chi connectivity index (χ3n) is 2.99. The van der Waals surface area contributed by atoms with Crippen LogP contribution < -0.4 is 5.32 Å². The number of hydrogen-bond acceptors (Lipinski definition) is 3. The molecule has 0 unspecified atom stereocenters. The summed E-state index contributed by atoms with van der Waals surface area (Å²) in [6.07, 6.45) is 2.70. The average Bonchev–Trinajstić information content (AvgIpc) is 2.80. The molecule has 0 amide bonds. The van der Waals surface area contributed by atoms with Crippen molar-refractivity contribution in [2.45, 2.75) is 39.9 Å². The van der Waals surface area contributed by atoms with Gasteiger partial charge in [0.25, 0.3) is 0 Å². The van der Waals surface area contributed by atoms with Crippen LogP contribution in [0.5, 0.6) is 0 Å². The van der Waals surface area contributed by atoms with Gasteiger partial charge in [-0.3, -0.25) is 0 Å². The molecule has 1 aromatic heterocycles. The Hall–Kier alpha value is -1.68. The molecule has 4 nitrogen and oxygen atoms in total. The molecular formula is C14H20N4. The van der Waals surface area contributed by atoms with E-state index in [0.717, 1.165) is 31.9 Å². The van der Waals surface area contributed by atoms with Crippen LogP contribution in [0.1, 0.15) is 30.3 Å². The first-order valence-corrected chi connectivity index (χ1v) is 6.43. The Morgan fingerprint density at radius 1 is 1.22 bits per heavy atom. The molecule has 96 valence electrons. The van der Waals surface area contributed by atoms with Crippen LogP contribution in [-0.4, -0.2) is 14.8 Å². The van der Waals surface area contributed by atoms with Crippen molar-refractivity contribution in [1.82, 2.24) is 20.1 Å². The van der Waals surface area contributed by atoms with Crippen LogP contribution in [0.4, 0.5) is 0 Å². The van der Waals surface area contributed by atoms with Gasteiger partial charge in [0.15, 0.2) is 0 Å². The molecule has 0 bridgehead atoms. The van der Waals surface area contributed by atoms with E-state index in [2.05, 4.69) is 53.5 Å². The summed E-state index contributed by atoms with van der Waals surface area (Å²) in [7, 11) is 0. The molecule has 0 radical (unpaired) electrons. The van der Waals surface area contributed by atoms with Gasteiger partial charge in [0.2, 0.25) is 0 Å². The third-order valence-corrected chi connectivity index (χ3v) is 2.99. The van der Waals surface area contributed by atoms with Crippen molar-refractivity contribution in [3.63, 3.8) is 0 Å². The van der Waals surface area contributed by atoms with Crippen molar-refractivity contribution in [2.75, 3.05) is 0 Å². The van der Waals surface area contributed by atoms with Crippen LogP contribution in [-0.2, 0) is 19.6 Å². The van der Waals surface area contributed by atoms with E-state index in [1.807, 2.05) is 4.68 Å². The first-order chi connectivity index (χ1) is 8.81. The van der Waals surface area contributed by atoms with Crippen LogP contribution in [0.3, 0.4) is 0 Å². The minimum atomic E-state index is 0.758. The molecule has 2 rings (SSSR count). The fourth-order valence-corrected chi connectivity index (χ4v) is 1.94. The highest BCUT2D eigenvalue weighted by Gasteiger charge is 2.03. The Bertz CT molecular complexity index is 490. The molecule has 1 N–H and O–H groups in total. The van der Waals surface area contributed by atoms with Gasteiger partial charge >= 0.3 is 0 Å². The minimum Gasteiger partial charge on any atom is -0.306 e. The summed E-state index contributed by atoms with van der Waals surface area (Å²) in [4.78, 5) is 4.28. The van der Waals surface area contributed by atoms with E-state index in [0.29, 0.717) is 0 Å². The highest BCUT2D eigenvalue weighted by atomic mass is 15.3. The van der Waals surface area contributed by atoms with E-state index in [4.69, 9.17) is 0 Å². The topological polar surface area (TPSA) is 42.7 Å². The fourth-order valence-electron chi connectivity index (χ4n) is 1.94. The van der Waals surface area contributed by atoms with Crippen molar-refractivity contribution >= 4 is 0 Å². The van der Waals surface area contributed by atoms with Crippen LogP contribution >= 0.6 is 0 Å². The van der Waals surface area contributed by atoms with Gasteiger partial charge in [-0.15, -0.1) is 0 Å². The molecule has 0 saturated carbocycles. The van der Waals surface area contributed by atoms with Crippen molar-refractivity contribution in [2.24, 2.45) is 0 Å². The Balaban J connectivity index is 1.88. The molecule has 18 heavy (non-hydrogen) atoms. The second-order valence-corrected chi connectivity index (χ2v) is 4.43. The smallest absolute Gasteiger partial charge is 0.140 e. The van der Waals surface area contributed by atoms with Crippen molar-refractivity contribution in [1.29, 1.82) is 0 Å². The maximum absolute atomic E-state index is 4.28. The van der Waals surface area contributed by atoms with E-state index >= 15 is 0 Å². The zero-order chi connectivity index (χ0) is 12.8. The van der Waals surface area contributed by atoms with Gasteiger partial charge in [0.1, 0.15) is 12.2 Å². The minimum absolute atomic E-state index is 0.758. The quantitative estimate of drug-likeness (QED) is 0.847. The number of benzene rings is 1. The number of aryl methyl sites for hydroxylation is 2. The molecule has 0 aliphatic carbocycles. The van der Waals surface area contributed by atoms with Crippen LogP contribution in [0, 0.1) is 6.92 Å². The molecule has 0 aliphatic rings. The second-order valence-electron chi connectivity index (χ2n) is 4.43. The molecule has 0 atom stereocenters. The zero-order valence-electron chi connectivity index (χ0n) is 11.1. The fraction of sp³-hybridized carbons (Fsp3) is 0.429. The molecule has 0 aliphatic heterocycles. The van der Waals surface area contributed by atoms with Crippen molar-refractivity contribution in [3.8, 4) is 0 Å². The van der Waals surface area contributed by atoms with E-state index in [-0.39, 0.29) is 0 Å². The highest BCUT2D eigenvalue weighted by Crippen LogP contribution is 2.06. The predicted molar refractivity (Wildman–Crippen MR) is 72.0 cm³/mol. The normalized spacial score (nSPS) is 10.8. The highest BCUT2D eigenvalue weighted by molar-refractivity contribution is 5.25. The molecular weight excluding hydrogens is 224 g/mol. The van der Waals surface area contributed by atoms with Gasteiger partial charge in [-0.2, -0.15) is 5.10 Å². The third kappa shape index (κ3) is 3.17. The first-order valence-electron chi connectivity index (χ1n) is 6.43. The van der Waals surface area contributed by atoms with Gasteiger partial charge in [0, 0.05) is 13.1 Å². The molecule has 0 spiro atoms. The van der Waals surface area contributed by atoms with Crippen LogP contribution in [0.15, 0.2) is 30.6 Å².